The number of aliphatic imine (C=N–C) groups is 1. The fourth-order valence-electron chi connectivity index (χ4n) is 2.24. The Balaban J connectivity index is 2.52. The van der Waals surface area contributed by atoms with Gasteiger partial charge in [-0.2, -0.15) is 10.5 Å². The van der Waals surface area contributed by atoms with Gasteiger partial charge in [-0.25, -0.2) is 4.99 Å². The van der Waals surface area contributed by atoms with E-state index >= 15 is 0 Å². The van der Waals surface area contributed by atoms with Gasteiger partial charge in [0.05, 0.1) is 28.8 Å². The van der Waals surface area contributed by atoms with E-state index in [2.05, 4.69) is 27.1 Å². The van der Waals surface area contributed by atoms with Gasteiger partial charge in [0.15, 0.2) is 6.40 Å². The number of amides is 1. The molecule has 11 heteroatoms. The van der Waals surface area contributed by atoms with E-state index in [1.165, 1.54) is 19.2 Å². The molecule has 11 nitrogen and oxygen atoms in total. The second-order valence-corrected chi connectivity index (χ2v) is 5.98. The second-order valence-electron chi connectivity index (χ2n) is 5.98. The molecular weight excluding hydrogens is 402 g/mol. The van der Waals surface area contributed by atoms with Crippen LogP contribution in [0, 0.1) is 32.8 Å². The van der Waals surface area contributed by atoms with Gasteiger partial charge < -0.3 is 10.1 Å². The minimum absolute atomic E-state index is 0.114. The predicted molar refractivity (Wildman–Crippen MR) is 112 cm³/mol. The molecule has 0 fully saturated rings. The van der Waals surface area contributed by atoms with Crippen molar-refractivity contribution in [1.82, 2.24) is 0 Å². The van der Waals surface area contributed by atoms with E-state index in [1.807, 2.05) is 0 Å². The maximum absolute atomic E-state index is 11.8. The summed E-state index contributed by atoms with van der Waals surface area (Å²) in [6, 6.07) is 10.1. The monoisotopic (exact) mass is 417 g/mol. The van der Waals surface area contributed by atoms with E-state index in [9.17, 15) is 25.4 Å². The number of hydrogen-bond donors (Lipinski definition) is 1. The summed E-state index contributed by atoms with van der Waals surface area (Å²) in [7, 11) is 1.40. The first kappa shape index (κ1) is 22.4. The van der Waals surface area contributed by atoms with E-state index in [0.29, 0.717) is 11.3 Å². The van der Waals surface area contributed by atoms with Crippen LogP contribution in [0.15, 0.2) is 57.7 Å². The van der Waals surface area contributed by atoms with E-state index in [4.69, 9.17) is 4.74 Å². The molecule has 0 saturated carbocycles. The summed E-state index contributed by atoms with van der Waals surface area (Å²) in [6.45, 7) is 5.12. The Morgan fingerprint density at radius 2 is 1.84 bits per heavy atom. The zero-order chi connectivity index (χ0) is 23.0. The third-order valence-electron chi connectivity index (χ3n) is 3.72. The van der Waals surface area contributed by atoms with Crippen molar-refractivity contribution in [2.45, 2.75) is 6.92 Å². The topological polar surface area (TPSA) is 166 Å². The number of hydrogen-bond acceptors (Lipinski definition) is 9. The number of benzene rings is 2. The molecule has 1 amide bonds. The predicted octanol–water partition coefficient (Wildman–Crippen LogP) is 4.57. The number of nitro benzene ring substituents is 1. The second kappa shape index (κ2) is 10.0. The molecule has 2 rings (SSSR count). The SMILES string of the molecule is C=C(C)C(=O)Nc1ccc(N=Nc2c(C#N)cc([N+](=O)[O-])cc2C#N)c(N=COC)c1. The molecule has 2 aromatic rings. The van der Waals surface area contributed by atoms with Crippen LogP contribution >= 0.6 is 0 Å². The number of ether oxygens (including phenoxy) is 1. The Bertz CT molecular complexity index is 1170. The lowest BCUT2D eigenvalue weighted by molar-refractivity contribution is -0.384. The van der Waals surface area contributed by atoms with Gasteiger partial charge in [0, 0.05) is 23.4 Å². The van der Waals surface area contributed by atoms with Crippen LogP contribution in [0.5, 0.6) is 0 Å². The third-order valence-corrected chi connectivity index (χ3v) is 3.72. The van der Waals surface area contributed by atoms with Crippen molar-refractivity contribution in [1.29, 1.82) is 10.5 Å². The van der Waals surface area contributed by atoms with E-state index < -0.39 is 10.6 Å². The molecule has 31 heavy (non-hydrogen) atoms. The Hall–Kier alpha value is -4.90. The number of methoxy groups -OCH3 is 1. The number of azo groups is 1. The molecule has 0 unspecified atom stereocenters. The Labute approximate surface area is 176 Å². The van der Waals surface area contributed by atoms with Crippen molar-refractivity contribution in [3.63, 3.8) is 0 Å². The van der Waals surface area contributed by atoms with Crippen LogP contribution in [0.2, 0.25) is 0 Å². The van der Waals surface area contributed by atoms with Crippen molar-refractivity contribution in [2.24, 2.45) is 15.2 Å². The molecule has 0 aliphatic heterocycles. The zero-order valence-corrected chi connectivity index (χ0v) is 16.5. The van der Waals surface area contributed by atoms with Crippen molar-refractivity contribution in [2.75, 3.05) is 12.4 Å². The lowest BCUT2D eigenvalue weighted by Gasteiger charge is -2.07. The van der Waals surface area contributed by atoms with E-state index in [0.717, 1.165) is 18.5 Å². The molecule has 0 radical (unpaired) electrons. The van der Waals surface area contributed by atoms with Gasteiger partial charge in [-0.3, -0.25) is 14.9 Å². The van der Waals surface area contributed by atoms with Crippen LogP contribution in [0.25, 0.3) is 0 Å². The standard InChI is InChI=1S/C20H15N7O4/c1-12(2)20(28)24-15-4-5-17(18(8-15)23-11-31-3)25-26-19-13(9-21)6-16(27(29)30)7-14(19)10-22/h4-8,11H,1H2,2-3H3,(H,24,28). The van der Waals surface area contributed by atoms with Gasteiger partial charge in [0.2, 0.25) is 0 Å². The number of rotatable bonds is 7. The van der Waals surface area contributed by atoms with Crippen molar-refractivity contribution >= 4 is 40.7 Å². The first-order valence-electron chi connectivity index (χ1n) is 8.51. The van der Waals surface area contributed by atoms with Gasteiger partial charge in [0.25, 0.3) is 11.6 Å². The highest BCUT2D eigenvalue weighted by atomic mass is 16.6. The first-order valence-corrected chi connectivity index (χ1v) is 8.51. The summed E-state index contributed by atoms with van der Waals surface area (Å²) in [4.78, 5) is 26.2. The highest BCUT2D eigenvalue weighted by Gasteiger charge is 2.17. The molecule has 154 valence electrons. The minimum atomic E-state index is -0.710. The van der Waals surface area contributed by atoms with Crippen LogP contribution in [0.4, 0.5) is 28.4 Å². The highest BCUT2D eigenvalue weighted by Crippen LogP contribution is 2.35. The Morgan fingerprint density at radius 3 is 2.35 bits per heavy atom. The average Bonchev–Trinajstić information content (AvgIpc) is 2.76. The van der Waals surface area contributed by atoms with Crippen molar-refractivity contribution in [3.8, 4) is 12.1 Å². The highest BCUT2D eigenvalue weighted by molar-refractivity contribution is 6.03. The number of anilines is 1. The number of nitriles is 2. The molecule has 0 atom stereocenters. The van der Waals surface area contributed by atoms with Crippen molar-refractivity contribution < 1.29 is 14.5 Å². The largest absolute Gasteiger partial charge is 0.486 e. The van der Waals surface area contributed by atoms with Gasteiger partial charge in [0.1, 0.15) is 23.5 Å². The van der Waals surface area contributed by atoms with E-state index in [1.54, 1.807) is 25.1 Å². The number of nitrogens with zero attached hydrogens (tertiary/aromatic N) is 6. The van der Waals surface area contributed by atoms with Crippen LogP contribution in [-0.4, -0.2) is 24.3 Å². The molecule has 0 bridgehead atoms. The molecule has 0 aliphatic rings. The molecule has 0 saturated heterocycles. The van der Waals surface area contributed by atoms with Crippen LogP contribution < -0.4 is 5.32 Å². The summed E-state index contributed by atoms with van der Waals surface area (Å²) in [6.07, 6.45) is 1.14. The lowest BCUT2D eigenvalue weighted by Crippen LogP contribution is -2.11. The summed E-state index contributed by atoms with van der Waals surface area (Å²) in [5, 5.41) is 40.2. The summed E-state index contributed by atoms with van der Waals surface area (Å²) >= 11 is 0. The average molecular weight is 417 g/mol. The molecule has 0 aliphatic carbocycles. The summed E-state index contributed by atoms with van der Waals surface area (Å²) in [5.41, 5.74) is 0.352. The van der Waals surface area contributed by atoms with E-state index in [-0.39, 0.29) is 34.1 Å². The molecule has 1 N–H and O–H groups in total. The normalized spacial score (nSPS) is 10.5. The van der Waals surface area contributed by atoms with Crippen LogP contribution in [0.3, 0.4) is 0 Å². The van der Waals surface area contributed by atoms with Gasteiger partial charge in [-0.05, 0) is 25.1 Å². The maximum Gasteiger partial charge on any atom is 0.272 e. The zero-order valence-electron chi connectivity index (χ0n) is 16.5. The minimum Gasteiger partial charge on any atom is -0.486 e. The maximum atomic E-state index is 11.8. The fraction of sp³-hybridized carbons (Fsp3) is 0.100. The number of nitro groups is 1. The molecule has 2 aromatic carbocycles. The van der Waals surface area contributed by atoms with Gasteiger partial charge in [-0.1, -0.05) is 6.58 Å². The van der Waals surface area contributed by atoms with Gasteiger partial charge >= 0.3 is 0 Å². The smallest absolute Gasteiger partial charge is 0.272 e. The first-order chi connectivity index (χ1) is 14.8. The lowest BCUT2D eigenvalue weighted by atomic mass is 10.1. The Kier molecular flexibility index (Phi) is 7.25. The molecule has 0 spiro atoms. The summed E-state index contributed by atoms with van der Waals surface area (Å²) in [5.74, 6) is -0.376. The van der Waals surface area contributed by atoms with Gasteiger partial charge in [-0.15, -0.1) is 10.2 Å². The Morgan fingerprint density at radius 1 is 1.19 bits per heavy atom. The van der Waals surface area contributed by atoms with Crippen LogP contribution in [0.1, 0.15) is 18.1 Å². The van der Waals surface area contributed by atoms with Crippen molar-refractivity contribution in [3.05, 3.63) is 63.7 Å². The van der Waals surface area contributed by atoms with Crippen LogP contribution in [-0.2, 0) is 9.53 Å². The number of nitrogens with one attached hydrogen (secondary N) is 1. The number of carbonyl (C=O) groups excluding carboxylic acids is 1. The quantitative estimate of drug-likeness (QED) is 0.173. The molecular formula is C20H15N7O4. The number of carbonyl (C=O) groups is 1. The fourth-order valence-corrected chi connectivity index (χ4v) is 2.24. The molecule has 0 heterocycles. The third kappa shape index (κ3) is 5.56. The number of non-ortho nitro benzene ring substituents is 1. The molecule has 0 aromatic heterocycles. The summed E-state index contributed by atoms with van der Waals surface area (Å²) < 4.78 is 4.82.